The molecule has 0 aliphatic carbocycles. The summed E-state index contributed by atoms with van der Waals surface area (Å²) in [5.41, 5.74) is 4.62. The number of aliphatic imine (C=N–C) groups is 1. The van der Waals surface area contributed by atoms with Crippen molar-refractivity contribution in [2.24, 2.45) is 4.99 Å². The normalized spacial score (nSPS) is 18.1. The Morgan fingerprint density at radius 3 is 2.58 bits per heavy atom. The van der Waals surface area contributed by atoms with Crippen LogP contribution >= 0.6 is 23.1 Å². The van der Waals surface area contributed by atoms with E-state index in [1.807, 2.05) is 18.2 Å². The molecule has 1 unspecified atom stereocenters. The topological polar surface area (TPSA) is 78.3 Å². The SMILES string of the molecule is O=C(O)C1CSC(c2nc3ccc(OCc4cccc(CN5CCN(c6ccccc6)CC5)c4)cc3s2)=N1. The molecule has 1 fully saturated rings. The molecule has 3 heterocycles. The molecule has 194 valence electrons. The Balaban J connectivity index is 1.05. The number of hydrogen-bond acceptors (Lipinski definition) is 8. The number of piperazine rings is 1. The van der Waals surface area contributed by atoms with E-state index in [2.05, 4.69) is 74.4 Å². The second-order valence-electron chi connectivity index (χ2n) is 9.46. The smallest absolute Gasteiger partial charge is 0.329 e. The molecule has 1 saturated heterocycles. The van der Waals surface area contributed by atoms with Crippen molar-refractivity contribution in [3.05, 3.63) is 88.9 Å². The zero-order valence-corrected chi connectivity index (χ0v) is 22.5. The fourth-order valence-corrected chi connectivity index (χ4v) is 6.84. The van der Waals surface area contributed by atoms with Crippen molar-refractivity contribution in [1.82, 2.24) is 9.88 Å². The number of thiazole rings is 1. The van der Waals surface area contributed by atoms with Crippen molar-refractivity contribution in [2.45, 2.75) is 19.2 Å². The molecule has 2 aliphatic heterocycles. The van der Waals surface area contributed by atoms with Crippen molar-refractivity contribution in [3.63, 3.8) is 0 Å². The minimum Gasteiger partial charge on any atom is -0.489 e. The zero-order valence-electron chi connectivity index (χ0n) is 20.8. The highest BCUT2D eigenvalue weighted by atomic mass is 32.2. The van der Waals surface area contributed by atoms with Gasteiger partial charge in [0.15, 0.2) is 6.04 Å². The fraction of sp³-hybridized carbons (Fsp3) is 0.276. The summed E-state index contributed by atoms with van der Waals surface area (Å²) in [7, 11) is 0. The van der Waals surface area contributed by atoms with Gasteiger partial charge in [0.25, 0.3) is 0 Å². The predicted molar refractivity (Wildman–Crippen MR) is 155 cm³/mol. The number of ether oxygens (including phenoxy) is 1. The van der Waals surface area contributed by atoms with Crippen molar-refractivity contribution in [2.75, 3.05) is 36.8 Å². The third-order valence-electron chi connectivity index (χ3n) is 6.78. The molecular formula is C29H28N4O3S2. The number of hydrogen-bond donors (Lipinski definition) is 1. The molecule has 0 radical (unpaired) electrons. The van der Waals surface area contributed by atoms with Crippen LogP contribution in [-0.2, 0) is 17.9 Å². The number of thioether (sulfide) groups is 1. The van der Waals surface area contributed by atoms with Crippen LogP contribution in [0.25, 0.3) is 10.2 Å². The molecule has 1 N–H and O–H groups in total. The number of fused-ring (bicyclic) bond motifs is 1. The molecule has 38 heavy (non-hydrogen) atoms. The van der Waals surface area contributed by atoms with E-state index in [1.165, 1.54) is 34.3 Å². The van der Waals surface area contributed by atoms with Crippen LogP contribution in [0.2, 0.25) is 0 Å². The van der Waals surface area contributed by atoms with Crippen LogP contribution in [0.4, 0.5) is 5.69 Å². The summed E-state index contributed by atoms with van der Waals surface area (Å²) in [6, 6.07) is 24.5. The van der Waals surface area contributed by atoms with Crippen molar-refractivity contribution in [3.8, 4) is 5.75 Å². The Labute approximate surface area is 229 Å². The van der Waals surface area contributed by atoms with E-state index in [0.717, 1.165) is 59.3 Å². The minimum atomic E-state index is -0.890. The molecular weight excluding hydrogens is 516 g/mol. The summed E-state index contributed by atoms with van der Waals surface area (Å²) >= 11 is 2.97. The number of carboxylic acids is 1. The van der Waals surface area contributed by atoms with Crippen LogP contribution < -0.4 is 9.64 Å². The van der Waals surface area contributed by atoms with Gasteiger partial charge in [-0.1, -0.05) is 42.5 Å². The van der Waals surface area contributed by atoms with Gasteiger partial charge in [0.1, 0.15) is 22.4 Å². The Morgan fingerprint density at radius 1 is 0.974 bits per heavy atom. The standard InChI is InChI=1S/C29H28N4O3S2/c34-29(35)25-19-37-27(31-25)28-30-24-10-9-23(16-26(24)38-28)36-18-21-6-4-5-20(15-21)17-32-11-13-33(14-12-32)22-7-2-1-3-8-22/h1-10,15-16,25H,11-14,17-19H2,(H,34,35). The van der Waals surface area contributed by atoms with E-state index in [9.17, 15) is 9.90 Å². The second kappa shape index (κ2) is 11.1. The van der Waals surface area contributed by atoms with Gasteiger partial charge in [-0.05, 0) is 41.5 Å². The first-order valence-corrected chi connectivity index (χ1v) is 14.5. The van der Waals surface area contributed by atoms with Gasteiger partial charge < -0.3 is 14.7 Å². The minimum absolute atomic E-state index is 0.456. The lowest BCUT2D eigenvalue weighted by Gasteiger charge is -2.36. The van der Waals surface area contributed by atoms with E-state index in [-0.39, 0.29) is 0 Å². The quantitative estimate of drug-likeness (QED) is 0.329. The van der Waals surface area contributed by atoms with Crippen LogP contribution in [0.5, 0.6) is 5.75 Å². The first-order valence-electron chi connectivity index (χ1n) is 12.7. The molecule has 0 spiro atoms. The molecule has 0 saturated carbocycles. The highest BCUT2D eigenvalue weighted by Crippen LogP contribution is 2.32. The molecule has 6 rings (SSSR count). The lowest BCUT2D eigenvalue weighted by Crippen LogP contribution is -2.45. The molecule has 2 aliphatic rings. The van der Waals surface area contributed by atoms with E-state index in [4.69, 9.17) is 4.74 Å². The summed E-state index contributed by atoms with van der Waals surface area (Å²) in [5.74, 6) is 0.358. The van der Waals surface area contributed by atoms with Gasteiger partial charge in [-0.3, -0.25) is 9.89 Å². The highest BCUT2D eigenvalue weighted by Gasteiger charge is 2.27. The third-order valence-corrected chi connectivity index (χ3v) is 8.98. The van der Waals surface area contributed by atoms with Crippen molar-refractivity contribution < 1.29 is 14.6 Å². The monoisotopic (exact) mass is 544 g/mol. The number of para-hydroxylation sites is 1. The van der Waals surface area contributed by atoms with Crippen LogP contribution in [0, 0.1) is 0 Å². The van der Waals surface area contributed by atoms with Crippen LogP contribution in [0.3, 0.4) is 0 Å². The fourth-order valence-electron chi connectivity index (χ4n) is 4.75. The third kappa shape index (κ3) is 5.70. The Morgan fingerprint density at radius 2 is 1.79 bits per heavy atom. The Hall–Kier alpha value is -3.40. The van der Waals surface area contributed by atoms with Gasteiger partial charge in [0, 0.05) is 44.2 Å². The molecule has 0 bridgehead atoms. The number of benzene rings is 3. The molecule has 9 heteroatoms. The van der Waals surface area contributed by atoms with Crippen LogP contribution in [0.15, 0.2) is 77.8 Å². The Kier molecular flexibility index (Phi) is 7.31. The Bertz CT molecular complexity index is 1470. The van der Waals surface area contributed by atoms with E-state index in [1.54, 1.807) is 0 Å². The van der Waals surface area contributed by atoms with E-state index in [0.29, 0.717) is 17.4 Å². The van der Waals surface area contributed by atoms with Crippen molar-refractivity contribution in [1.29, 1.82) is 0 Å². The predicted octanol–water partition coefficient (Wildman–Crippen LogP) is 5.14. The van der Waals surface area contributed by atoms with Crippen molar-refractivity contribution >= 4 is 50.0 Å². The van der Waals surface area contributed by atoms with Gasteiger partial charge in [-0.2, -0.15) is 0 Å². The zero-order chi connectivity index (χ0) is 25.9. The first-order chi connectivity index (χ1) is 18.6. The van der Waals surface area contributed by atoms with Crippen LogP contribution in [0.1, 0.15) is 16.1 Å². The number of carboxylic acid groups (broad SMARTS) is 1. The average molecular weight is 545 g/mol. The number of nitrogens with zero attached hydrogens (tertiary/aromatic N) is 4. The maximum atomic E-state index is 11.2. The molecule has 3 aromatic carbocycles. The number of rotatable bonds is 8. The van der Waals surface area contributed by atoms with Crippen LogP contribution in [-0.4, -0.2) is 64.0 Å². The number of aliphatic carboxylic acids is 1. The van der Waals surface area contributed by atoms with E-state index < -0.39 is 12.0 Å². The molecule has 1 atom stereocenters. The molecule has 1 aromatic heterocycles. The maximum Gasteiger partial charge on any atom is 0.329 e. The summed E-state index contributed by atoms with van der Waals surface area (Å²) < 4.78 is 7.14. The van der Waals surface area contributed by atoms with Gasteiger partial charge in [0.05, 0.1) is 10.2 Å². The summed E-state index contributed by atoms with van der Waals surface area (Å²) in [6.45, 7) is 5.62. The second-order valence-corrected chi connectivity index (χ2v) is 11.5. The summed E-state index contributed by atoms with van der Waals surface area (Å²) in [5, 5.41) is 10.7. The summed E-state index contributed by atoms with van der Waals surface area (Å²) in [6.07, 6.45) is 0. The lowest BCUT2D eigenvalue weighted by molar-refractivity contribution is -0.137. The molecule has 0 amide bonds. The van der Waals surface area contributed by atoms with Gasteiger partial charge >= 0.3 is 5.97 Å². The number of carbonyl (C=O) groups is 1. The van der Waals surface area contributed by atoms with Gasteiger partial charge in [-0.25, -0.2) is 9.78 Å². The maximum absolute atomic E-state index is 11.2. The average Bonchev–Trinajstić information content (AvgIpc) is 3.61. The van der Waals surface area contributed by atoms with Gasteiger partial charge in [0.2, 0.25) is 0 Å². The largest absolute Gasteiger partial charge is 0.489 e. The summed E-state index contributed by atoms with van der Waals surface area (Å²) in [4.78, 5) is 25.1. The first kappa shape index (κ1) is 24.9. The van der Waals surface area contributed by atoms with Gasteiger partial charge in [-0.15, -0.1) is 23.1 Å². The molecule has 4 aromatic rings. The molecule has 7 nitrogen and oxygen atoms in total. The number of aromatic nitrogens is 1. The lowest BCUT2D eigenvalue weighted by atomic mass is 10.1. The number of anilines is 1. The van der Waals surface area contributed by atoms with E-state index >= 15 is 0 Å². The highest BCUT2D eigenvalue weighted by molar-refractivity contribution is 8.15.